The number of benzene rings is 3. The second-order valence-electron chi connectivity index (χ2n) is 6.12. The van der Waals surface area contributed by atoms with Crippen molar-refractivity contribution in [2.45, 2.75) is 0 Å². The van der Waals surface area contributed by atoms with E-state index in [9.17, 15) is 14.4 Å². The Bertz CT molecular complexity index is 1070. The fraction of sp³-hybridized carbons (Fsp3) is 0.0909. The van der Waals surface area contributed by atoms with Crippen LogP contribution in [0.5, 0.6) is 0 Å². The summed E-state index contributed by atoms with van der Waals surface area (Å²) < 4.78 is 4.63. The van der Waals surface area contributed by atoms with Gasteiger partial charge in [0.2, 0.25) is 0 Å². The van der Waals surface area contributed by atoms with Crippen LogP contribution in [0.2, 0.25) is 0 Å². The molecule has 2 N–H and O–H groups in total. The van der Waals surface area contributed by atoms with Crippen molar-refractivity contribution in [3.63, 3.8) is 0 Å². The van der Waals surface area contributed by atoms with Gasteiger partial charge < -0.3 is 10.1 Å². The lowest BCUT2D eigenvalue weighted by atomic mass is 10.0. The minimum absolute atomic E-state index is 0.208. The topological polar surface area (TPSA) is 96.9 Å². The average molecular weight is 389 g/mol. The Labute approximate surface area is 167 Å². The molecule has 146 valence electrons. The summed E-state index contributed by atoms with van der Waals surface area (Å²) in [5.74, 6) is -1.22. The van der Waals surface area contributed by atoms with Crippen LogP contribution < -0.4 is 10.7 Å². The minimum atomic E-state index is -0.457. The fourth-order valence-corrected chi connectivity index (χ4v) is 2.72. The Morgan fingerprint density at radius 1 is 0.966 bits per heavy atom. The van der Waals surface area contributed by atoms with Crippen LogP contribution in [-0.2, 0) is 9.53 Å². The lowest BCUT2D eigenvalue weighted by Gasteiger charge is -2.07. The number of hydrazone groups is 1. The predicted octanol–water partition coefficient (Wildman–Crippen LogP) is 2.51. The molecular weight excluding hydrogens is 370 g/mol. The standard InChI is InChI=1S/C22H19N3O4/c1-29-22(28)17-11-9-15(10-12-17)13-24-25-20(26)14-23-21(27)19-8-4-6-16-5-2-3-7-18(16)19/h2-13H,14H2,1H3,(H,23,27)(H,25,26). The molecule has 0 radical (unpaired) electrons. The quantitative estimate of drug-likeness (QED) is 0.385. The number of carbonyl (C=O) groups is 3. The summed E-state index contributed by atoms with van der Waals surface area (Å²) >= 11 is 0. The number of esters is 1. The average Bonchev–Trinajstić information content (AvgIpc) is 2.77. The summed E-state index contributed by atoms with van der Waals surface area (Å²) in [5.41, 5.74) is 3.97. The molecule has 0 saturated heterocycles. The lowest BCUT2D eigenvalue weighted by molar-refractivity contribution is -0.120. The van der Waals surface area contributed by atoms with E-state index in [1.165, 1.54) is 13.3 Å². The first-order valence-corrected chi connectivity index (χ1v) is 8.85. The number of hydrogen-bond acceptors (Lipinski definition) is 5. The molecule has 0 spiro atoms. The van der Waals surface area contributed by atoms with Gasteiger partial charge >= 0.3 is 5.97 Å². The largest absolute Gasteiger partial charge is 0.465 e. The van der Waals surface area contributed by atoms with Crippen molar-refractivity contribution in [3.8, 4) is 0 Å². The zero-order chi connectivity index (χ0) is 20.6. The molecule has 0 aromatic heterocycles. The van der Waals surface area contributed by atoms with E-state index in [2.05, 4.69) is 20.6 Å². The van der Waals surface area contributed by atoms with Crippen molar-refractivity contribution in [3.05, 3.63) is 83.4 Å². The molecular formula is C22H19N3O4. The molecule has 0 atom stereocenters. The van der Waals surface area contributed by atoms with Crippen LogP contribution in [0.25, 0.3) is 10.8 Å². The van der Waals surface area contributed by atoms with Gasteiger partial charge in [0.05, 0.1) is 25.4 Å². The molecule has 0 unspecified atom stereocenters. The van der Waals surface area contributed by atoms with E-state index in [4.69, 9.17) is 0 Å². The zero-order valence-corrected chi connectivity index (χ0v) is 15.7. The second kappa shape index (κ2) is 9.27. The van der Waals surface area contributed by atoms with Gasteiger partial charge in [0.1, 0.15) is 0 Å². The molecule has 0 saturated carbocycles. The van der Waals surface area contributed by atoms with E-state index in [1.54, 1.807) is 36.4 Å². The van der Waals surface area contributed by atoms with Gasteiger partial charge in [-0.25, -0.2) is 10.2 Å². The number of ether oxygens (including phenoxy) is 1. The van der Waals surface area contributed by atoms with Gasteiger partial charge in [-0.2, -0.15) is 5.10 Å². The number of hydrogen-bond donors (Lipinski definition) is 2. The van der Waals surface area contributed by atoms with Crippen LogP contribution in [-0.4, -0.2) is 37.7 Å². The number of nitrogens with zero attached hydrogens (tertiary/aromatic N) is 1. The van der Waals surface area contributed by atoms with Crippen molar-refractivity contribution >= 4 is 34.8 Å². The summed E-state index contributed by atoms with van der Waals surface area (Å²) in [7, 11) is 1.31. The lowest BCUT2D eigenvalue weighted by Crippen LogP contribution is -2.35. The predicted molar refractivity (Wildman–Crippen MR) is 110 cm³/mol. The fourth-order valence-electron chi connectivity index (χ4n) is 2.72. The molecule has 0 bridgehead atoms. The highest BCUT2D eigenvalue weighted by Crippen LogP contribution is 2.18. The summed E-state index contributed by atoms with van der Waals surface area (Å²) in [6, 6.07) is 19.5. The van der Waals surface area contributed by atoms with Crippen molar-refractivity contribution in [1.29, 1.82) is 0 Å². The molecule has 29 heavy (non-hydrogen) atoms. The van der Waals surface area contributed by atoms with Crippen LogP contribution in [0.3, 0.4) is 0 Å². The number of amides is 2. The molecule has 0 fully saturated rings. The Hall–Kier alpha value is -4.00. The van der Waals surface area contributed by atoms with Crippen LogP contribution in [0, 0.1) is 0 Å². The Morgan fingerprint density at radius 2 is 1.69 bits per heavy atom. The maximum absolute atomic E-state index is 12.4. The molecule has 3 rings (SSSR count). The van der Waals surface area contributed by atoms with Gasteiger partial charge in [0.15, 0.2) is 0 Å². The molecule has 0 aliphatic heterocycles. The van der Waals surface area contributed by atoms with Crippen LogP contribution in [0.1, 0.15) is 26.3 Å². The molecule has 3 aromatic carbocycles. The van der Waals surface area contributed by atoms with Gasteiger partial charge in [-0.3, -0.25) is 9.59 Å². The Balaban J connectivity index is 1.52. The number of carbonyl (C=O) groups excluding carboxylic acids is 3. The first-order chi connectivity index (χ1) is 14.1. The molecule has 0 aliphatic carbocycles. The minimum Gasteiger partial charge on any atom is -0.465 e. The van der Waals surface area contributed by atoms with Crippen LogP contribution in [0.4, 0.5) is 0 Å². The van der Waals surface area contributed by atoms with Gasteiger partial charge in [-0.1, -0.05) is 48.5 Å². The summed E-state index contributed by atoms with van der Waals surface area (Å²) in [4.78, 5) is 35.7. The molecule has 3 aromatic rings. The molecule has 0 heterocycles. The van der Waals surface area contributed by atoms with Gasteiger partial charge in [0, 0.05) is 5.56 Å². The second-order valence-corrected chi connectivity index (χ2v) is 6.12. The number of fused-ring (bicyclic) bond motifs is 1. The molecule has 7 heteroatoms. The molecule has 0 aliphatic rings. The van der Waals surface area contributed by atoms with Crippen LogP contribution in [0.15, 0.2) is 71.8 Å². The molecule has 7 nitrogen and oxygen atoms in total. The Morgan fingerprint density at radius 3 is 2.45 bits per heavy atom. The summed E-state index contributed by atoms with van der Waals surface area (Å²) in [6.45, 7) is -0.208. The maximum atomic E-state index is 12.4. The van der Waals surface area contributed by atoms with Crippen molar-refractivity contribution < 1.29 is 19.1 Å². The zero-order valence-electron chi connectivity index (χ0n) is 15.7. The third-order valence-corrected chi connectivity index (χ3v) is 4.18. The SMILES string of the molecule is COC(=O)c1ccc(C=NNC(=O)CNC(=O)c2cccc3ccccc23)cc1. The third kappa shape index (κ3) is 5.04. The van der Waals surface area contributed by atoms with Crippen molar-refractivity contribution in [2.24, 2.45) is 5.10 Å². The third-order valence-electron chi connectivity index (χ3n) is 4.18. The van der Waals surface area contributed by atoms with E-state index in [-0.39, 0.29) is 12.5 Å². The normalized spacial score (nSPS) is 10.7. The van der Waals surface area contributed by atoms with E-state index in [1.807, 2.05) is 30.3 Å². The van der Waals surface area contributed by atoms with Gasteiger partial charge in [-0.15, -0.1) is 0 Å². The van der Waals surface area contributed by atoms with E-state index < -0.39 is 11.9 Å². The monoisotopic (exact) mass is 389 g/mol. The van der Waals surface area contributed by atoms with E-state index in [0.717, 1.165) is 10.8 Å². The van der Waals surface area contributed by atoms with Crippen LogP contribution >= 0.6 is 0 Å². The van der Waals surface area contributed by atoms with Gasteiger partial charge in [0.25, 0.3) is 11.8 Å². The first kappa shape index (κ1) is 19.8. The first-order valence-electron chi connectivity index (χ1n) is 8.85. The van der Waals surface area contributed by atoms with E-state index in [0.29, 0.717) is 16.7 Å². The summed E-state index contributed by atoms with van der Waals surface area (Å²) in [5, 5.41) is 8.21. The highest BCUT2D eigenvalue weighted by Gasteiger charge is 2.10. The summed E-state index contributed by atoms with van der Waals surface area (Å²) in [6.07, 6.45) is 1.44. The number of nitrogens with one attached hydrogen (secondary N) is 2. The van der Waals surface area contributed by atoms with Crippen molar-refractivity contribution in [2.75, 3.05) is 13.7 Å². The maximum Gasteiger partial charge on any atom is 0.337 e. The highest BCUT2D eigenvalue weighted by molar-refractivity contribution is 6.07. The highest BCUT2D eigenvalue weighted by atomic mass is 16.5. The van der Waals surface area contributed by atoms with E-state index >= 15 is 0 Å². The van der Waals surface area contributed by atoms with Crippen molar-refractivity contribution in [1.82, 2.24) is 10.7 Å². The Kier molecular flexibility index (Phi) is 6.32. The number of methoxy groups -OCH3 is 1. The smallest absolute Gasteiger partial charge is 0.337 e. The molecule has 2 amide bonds. The number of rotatable bonds is 6. The van der Waals surface area contributed by atoms with Gasteiger partial charge in [-0.05, 0) is 34.5 Å².